The molecule has 1 N–H and O–H groups in total. The van der Waals surface area contributed by atoms with Crippen LogP contribution in [-0.4, -0.2) is 38.8 Å². The van der Waals surface area contributed by atoms with E-state index in [4.69, 9.17) is 14.7 Å². The summed E-state index contributed by atoms with van der Waals surface area (Å²) in [5.74, 6) is 1.08. The number of nitrogens with zero attached hydrogens (tertiary/aromatic N) is 2. The standard InChI is InChI=1S/C25H29N3O3S3/c1-5-11-32-24-27-22(33-14-20(30)26-17-9-7-16(8-10-17)15(3)29)21-18-12-25(4,6-2)31-13-19(18)34-23(21)28-24/h7-10H,5-6,11-14H2,1-4H3,(H,26,30)/t25-/m1/s1. The Balaban J connectivity index is 1.57. The molecule has 6 nitrogen and oxygen atoms in total. The number of anilines is 1. The van der Waals surface area contributed by atoms with Gasteiger partial charge < -0.3 is 10.1 Å². The zero-order valence-corrected chi connectivity index (χ0v) is 22.3. The van der Waals surface area contributed by atoms with Crippen LogP contribution in [0.3, 0.4) is 0 Å². The molecule has 3 heterocycles. The van der Waals surface area contributed by atoms with Gasteiger partial charge in [-0.1, -0.05) is 37.4 Å². The van der Waals surface area contributed by atoms with Gasteiger partial charge in [-0.05, 0) is 56.5 Å². The van der Waals surface area contributed by atoms with Crippen molar-refractivity contribution in [3.05, 3.63) is 40.3 Å². The average molecular weight is 516 g/mol. The van der Waals surface area contributed by atoms with Gasteiger partial charge in [-0.3, -0.25) is 9.59 Å². The maximum atomic E-state index is 12.7. The zero-order valence-electron chi connectivity index (χ0n) is 19.9. The van der Waals surface area contributed by atoms with Crippen molar-refractivity contribution in [2.75, 3.05) is 16.8 Å². The van der Waals surface area contributed by atoms with E-state index in [-0.39, 0.29) is 23.0 Å². The van der Waals surface area contributed by atoms with Crippen molar-refractivity contribution < 1.29 is 14.3 Å². The molecule has 0 aliphatic carbocycles. The van der Waals surface area contributed by atoms with Crippen molar-refractivity contribution in [3.8, 4) is 0 Å². The van der Waals surface area contributed by atoms with Crippen LogP contribution < -0.4 is 5.32 Å². The molecule has 1 atom stereocenters. The number of rotatable bonds is 9. The van der Waals surface area contributed by atoms with Gasteiger partial charge in [0.25, 0.3) is 0 Å². The first kappa shape index (κ1) is 25.2. The summed E-state index contributed by atoms with van der Waals surface area (Å²) in [5.41, 5.74) is 2.37. The van der Waals surface area contributed by atoms with Crippen LogP contribution in [0.25, 0.3) is 10.2 Å². The second-order valence-corrected chi connectivity index (χ2v) is 11.7. The van der Waals surface area contributed by atoms with Crippen LogP contribution in [0.15, 0.2) is 34.4 Å². The molecule has 1 aliphatic heterocycles. The van der Waals surface area contributed by atoms with Crippen molar-refractivity contribution in [2.45, 2.75) is 69.3 Å². The van der Waals surface area contributed by atoms with Crippen LogP contribution in [0, 0.1) is 0 Å². The third kappa shape index (κ3) is 5.64. The molecule has 0 unspecified atom stereocenters. The Morgan fingerprint density at radius 1 is 1.18 bits per heavy atom. The predicted molar refractivity (Wildman–Crippen MR) is 141 cm³/mol. The normalized spacial score (nSPS) is 17.5. The highest BCUT2D eigenvalue weighted by Crippen LogP contribution is 2.43. The molecule has 180 valence electrons. The monoisotopic (exact) mass is 515 g/mol. The SMILES string of the molecule is CCCSc1nc(SCC(=O)Nc2ccc(C(C)=O)cc2)c2c3c(sc2n1)CO[C@](C)(CC)C3. The van der Waals surface area contributed by atoms with Crippen molar-refractivity contribution in [3.63, 3.8) is 0 Å². The number of fused-ring (bicyclic) bond motifs is 3. The van der Waals surface area contributed by atoms with E-state index >= 15 is 0 Å². The summed E-state index contributed by atoms with van der Waals surface area (Å²) >= 11 is 4.79. The lowest BCUT2D eigenvalue weighted by Gasteiger charge is -2.33. The van der Waals surface area contributed by atoms with Crippen LogP contribution in [0.1, 0.15) is 61.3 Å². The second kappa shape index (κ2) is 10.8. The summed E-state index contributed by atoms with van der Waals surface area (Å²) in [4.78, 5) is 36.1. The van der Waals surface area contributed by atoms with E-state index in [2.05, 4.69) is 26.1 Å². The first-order valence-corrected chi connectivity index (χ1v) is 14.2. The number of thiophene rings is 1. The molecular formula is C25H29N3O3S3. The first-order chi connectivity index (χ1) is 16.3. The van der Waals surface area contributed by atoms with Crippen LogP contribution in [0.5, 0.6) is 0 Å². The topological polar surface area (TPSA) is 81.2 Å². The molecule has 0 saturated heterocycles. The van der Waals surface area contributed by atoms with Crippen LogP contribution >= 0.6 is 34.9 Å². The van der Waals surface area contributed by atoms with E-state index in [9.17, 15) is 9.59 Å². The number of Topliss-reactive ketones (excluding diaryl/α,β-unsaturated/α-hetero) is 1. The van der Waals surface area contributed by atoms with Crippen molar-refractivity contribution in [1.29, 1.82) is 0 Å². The van der Waals surface area contributed by atoms with Crippen molar-refractivity contribution in [1.82, 2.24) is 9.97 Å². The number of nitrogens with one attached hydrogen (secondary N) is 1. The average Bonchev–Trinajstić information content (AvgIpc) is 3.19. The quantitative estimate of drug-likeness (QED) is 0.153. The number of carbonyl (C=O) groups excluding carboxylic acids is 2. The third-order valence-corrected chi connectivity index (χ3v) is 9.01. The molecule has 9 heteroatoms. The number of hydrogen-bond acceptors (Lipinski definition) is 8. The molecule has 0 radical (unpaired) electrons. The number of hydrogen-bond donors (Lipinski definition) is 1. The Bertz CT molecular complexity index is 1210. The number of benzene rings is 1. The number of amides is 1. The maximum Gasteiger partial charge on any atom is 0.234 e. The Hall–Kier alpha value is -1.94. The van der Waals surface area contributed by atoms with E-state index in [1.807, 2.05) is 0 Å². The Labute approximate surface area is 212 Å². The number of ether oxygens (including phenoxy) is 1. The summed E-state index contributed by atoms with van der Waals surface area (Å²) in [5, 5.41) is 5.62. The smallest absolute Gasteiger partial charge is 0.234 e. The second-order valence-electron chi connectivity index (χ2n) is 8.58. The van der Waals surface area contributed by atoms with Crippen LogP contribution in [0.4, 0.5) is 5.69 Å². The highest BCUT2D eigenvalue weighted by molar-refractivity contribution is 8.00. The fourth-order valence-electron chi connectivity index (χ4n) is 3.73. The van der Waals surface area contributed by atoms with E-state index < -0.39 is 0 Å². The fraction of sp³-hybridized carbons (Fsp3) is 0.440. The fourth-order valence-corrected chi connectivity index (χ4v) is 6.57. The van der Waals surface area contributed by atoms with E-state index in [0.29, 0.717) is 17.9 Å². The highest BCUT2D eigenvalue weighted by Gasteiger charge is 2.33. The number of ketones is 1. The number of thioether (sulfide) groups is 2. The molecule has 0 saturated carbocycles. The summed E-state index contributed by atoms with van der Waals surface area (Å²) < 4.78 is 6.16. The highest BCUT2D eigenvalue weighted by atomic mass is 32.2. The van der Waals surface area contributed by atoms with E-state index in [1.54, 1.807) is 47.4 Å². The molecule has 2 aromatic heterocycles. The van der Waals surface area contributed by atoms with Gasteiger partial charge in [0.1, 0.15) is 9.86 Å². The Morgan fingerprint density at radius 3 is 2.62 bits per heavy atom. The Kier molecular flexibility index (Phi) is 7.97. The predicted octanol–water partition coefficient (Wildman–Crippen LogP) is 6.37. The molecule has 0 spiro atoms. The number of carbonyl (C=O) groups is 2. The van der Waals surface area contributed by atoms with Crippen molar-refractivity contribution in [2.24, 2.45) is 0 Å². The molecule has 3 aromatic rings. The molecule has 1 amide bonds. The summed E-state index contributed by atoms with van der Waals surface area (Å²) in [6.07, 6.45) is 2.80. The molecule has 34 heavy (non-hydrogen) atoms. The van der Waals surface area contributed by atoms with Gasteiger partial charge >= 0.3 is 0 Å². The lowest BCUT2D eigenvalue weighted by molar-refractivity contribution is -0.113. The van der Waals surface area contributed by atoms with Gasteiger partial charge in [-0.15, -0.1) is 11.3 Å². The van der Waals surface area contributed by atoms with Gasteiger partial charge in [-0.25, -0.2) is 9.97 Å². The molecule has 0 fully saturated rings. The van der Waals surface area contributed by atoms with Gasteiger partial charge in [0, 0.05) is 33.7 Å². The lowest BCUT2D eigenvalue weighted by atomic mass is 9.90. The minimum absolute atomic E-state index is 0.00150. The summed E-state index contributed by atoms with van der Waals surface area (Å²) in [7, 11) is 0. The minimum atomic E-state index is -0.192. The Morgan fingerprint density at radius 2 is 1.94 bits per heavy atom. The molecule has 4 rings (SSSR count). The van der Waals surface area contributed by atoms with Gasteiger partial charge in [0.2, 0.25) is 5.91 Å². The molecule has 0 bridgehead atoms. The maximum absolute atomic E-state index is 12.7. The zero-order chi connectivity index (χ0) is 24.3. The minimum Gasteiger partial charge on any atom is -0.369 e. The first-order valence-electron chi connectivity index (χ1n) is 11.4. The van der Waals surface area contributed by atoms with Crippen LogP contribution in [-0.2, 0) is 22.6 Å². The summed E-state index contributed by atoms with van der Waals surface area (Å²) in [6.45, 7) is 8.57. The number of aromatic nitrogens is 2. The van der Waals surface area contributed by atoms with Gasteiger partial charge in [0.05, 0.1) is 18.0 Å². The largest absolute Gasteiger partial charge is 0.369 e. The van der Waals surface area contributed by atoms with E-state index in [1.165, 1.54) is 29.1 Å². The lowest BCUT2D eigenvalue weighted by Crippen LogP contribution is -2.33. The van der Waals surface area contributed by atoms with Crippen LogP contribution in [0.2, 0.25) is 0 Å². The van der Waals surface area contributed by atoms with Gasteiger partial charge in [0.15, 0.2) is 10.9 Å². The molecule has 1 aromatic carbocycles. The van der Waals surface area contributed by atoms with E-state index in [0.717, 1.165) is 45.4 Å². The molecule has 1 aliphatic rings. The van der Waals surface area contributed by atoms with Gasteiger partial charge in [-0.2, -0.15) is 0 Å². The van der Waals surface area contributed by atoms with Crippen molar-refractivity contribution >= 4 is 62.5 Å². The molecular weight excluding hydrogens is 486 g/mol. The summed E-state index contributed by atoms with van der Waals surface area (Å²) in [6, 6.07) is 6.95. The third-order valence-electron chi connectivity index (χ3n) is 5.88.